The van der Waals surface area contributed by atoms with Crippen LogP contribution in [0.25, 0.3) is 0 Å². The molecule has 154 valence electrons. The highest BCUT2D eigenvalue weighted by molar-refractivity contribution is 14.0. The molecule has 10 heteroatoms. The molecule has 4 N–H and O–H groups in total. The molecule has 0 aliphatic rings. The number of carbonyl (C=O) groups excluding carboxylic acids is 1. The van der Waals surface area contributed by atoms with Crippen LogP contribution in [0.5, 0.6) is 0 Å². The van der Waals surface area contributed by atoms with Gasteiger partial charge in [-0.2, -0.15) is 0 Å². The summed E-state index contributed by atoms with van der Waals surface area (Å²) in [6, 6.07) is 8.15. The zero-order chi connectivity index (χ0) is 19.6. The number of halogens is 3. The molecule has 0 saturated carbocycles. The van der Waals surface area contributed by atoms with E-state index >= 15 is 0 Å². The molecular formula is C18H23Cl2IN4O3. The van der Waals surface area contributed by atoms with Gasteiger partial charge >= 0.3 is 0 Å². The van der Waals surface area contributed by atoms with Crippen LogP contribution in [-0.2, 0) is 0 Å². The quantitative estimate of drug-likeness (QED) is 0.178. The fourth-order valence-corrected chi connectivity index (χ4v) is 2.79. The standard InChI is InChI=1S/C18H22Cl2N4O3.HI/c1-2-21-18(23-6-5-22-17(26)16-4-3-7-27-16)24-11-15(25)12-8-13(19)10-14(20)9-12;/h3-4,7-10,15,25H,2,5-6,11H2,1H3,(H,22,26)(H2,21,23,24);1H. The monoisotopic (exact) mass is 540 g/mol. The maximum atomic E-state index is 11.8. The maximum Gasteiger partial charge on any atom is 0.287 e. The van der Waals surface area contributed by atoms with Gasteiger partial charge in [0.25, 0.3) is 5.91 Å². The lowest BCUT2D eigenvalue weighted by Crippen LogP contribution is -2.41. The molecule has 28 heavy (non-hydrogen) atoms. The van der Waals surface area contributed by atoms with Crippen LogP contribution in [-0.4, -0.2) is 43.2 Å². The Balaban J connectivity index is 0.00000392. The number of hydrogen-bond acceptors (Lipinski definition) is 4. The first kappa shape index (κ1) is 24.5. The summed E-state index contributed by atoms with van der Waals surface area (Å²) in [4.78, 5) is 16.1. The number of amides is 1. The fraction of sp³-hybridized carbons (Fsp3) is 0.333. The van der Waals surface area contributed by atoms with E-state index in [9.17, 15) is 9.90 Å². The second kappa shape index (κ2) is 12.9. The van der Waals surface area contributed by atoms with Crippen LogP contribution >= 0.6 is 47.2 Å². The second-order valence-electron chi connectivity index (χ2n) is 5.60. The van der Waals surface area contributed by atoms with Crippen molar-refractivity contribution in [1.82, 2.24) is 16.0 Å². The lowest BCUT2D eigenvalue weighted by molar-refractivity contribution is 0.0926. The van der Waals surface area contributed by atoms with Crippen molar-refractivity contribution >= 4 is 59.0 Å². The molecule has 0 fully saturated rings. The molecule has 2 aromatic rings. The average molecular weight is 541 g/mol. The number of aliphatic imine (C=N–C) groups is 1. The van der Waals surface area contributed by atoms with Crippen LogP contribution < -0.4 is 16.0 Å². The van der Waals surface area contributed by atoms with Crippen molar-refractivity contribution in [2.24, 2.45) is 4.99 Å². The van der Waals surface area contributed by atoms with Crippen molar-refractivity contribution in [2.75, 3.05) is 26.2 Å². The molecule has 0 saturated heterocycles. The van der Waals surface area contributed by atoms with E-state index in [0.717, 1.165) is 0 Å². The average Bonchev–Trinajstić information content (AvgIpc) is 3.16. The molecule has 1 aromatic heterocycles. The van der Waals surface area contributed by atoms with Crippen LogP contribution in [0, 0.1) is 0 Å². The Hall–Kier alpha value is -1.49. The molecule has 0 bridgehead atoms. The summed E-state index contributed by atoms with van der Waals surface area (Å²) >= 11 is 11.9. The highest BCUT2D eigenvalue weighted by Gasteiger charge is 2.10. The second-order valence-corrected chi connectivity index (χ2v) is 6.47. The lowest BCUT2D eigenvalue weighted by atomic mass is 10.1. The number of guanidine groups is 1. The van der Waals surface area contributed by atoms with Gasteiger partial charge in [0.15, 0.2) is 11.7 Å². The van der Waals surface area contributed by atoms with E-state index in [1.807, 2.05) is 6.92 Å². The summed E-state index contributed by atoms with van der Waals surface area (Å²) in [5, 5.41) is 20.1. The van der Waals surface area contributed by atoms with Gasteiger partial charge in [-0.25, -0.2) is 0 Å². The number of nitrogens with zero attached hydrogens (tertiary/aromatic N) is 1. The SMILES string of the molecule is CCNC(=NCC(O)c1cc(Cl)cc(Cl)c1)NCCNC(=O)c1ccco1.I. The number of nitrogens with one attached hydrogen (secondary N) is 3. The summed E-state index contributed by atoms with van der Waals surface area (Å²) in [5.41, 5.74) is 0.595. The minimum Gasteiger partial charge on any atom is -0.459 e. The summed E-state index contributed by atoms with van der Waals surface area (Å²) < 4.78 is 5.02. The van der Waals surface area contributed by atoms with E-state index < -0.39 is 6.10 Å². The van der Waals surface area contributed by atoms with Gasteiger partial charge in [0.05, 0.1) is 18.9 Å². The van der Waals surface area contributed by atoms with Crippen molar-refractivity contribution < 1.29 is 14.3 Å². The zero-order valence-electron chi connectivity index (χ0n) is 15.2. The van der Waals surface area contributed by atoms with Gasteiger partial charge in [-0.05, 0) is 42.8 Å². The van der Waals surface area contributed by atoms with Crippen molar-refractivity contribution in [1.29, 1.82) is 0 Å². The van der Waals surface area contributed by atoms with Crippen LogP contribution in [0.15, 0.2) is 46.0 Å². The van der Waals surface area contributed by atoms with Gasteiger partial charge in [-0.15, -0.1) is 24.0 Å². The lowest BCUT2D eigenvalue weighted by Gasteiger charge is -2.14. The highest BCUT2D eigenvalue weighted by atomic mass is 127. The number of furan rings is 1. The Morgan fingerprint density at radius 1 is 1.18 bits per heavy atom. The van der Waals surface area contributed by atoms with E-state index in [2.05, 4.69) is 20.9 Å². The van der Waals surface area contributed by atoms with Crippen molar-refractivity contribution in [2.45, 2.75) is 13.0 Å². The number of hydrogen-bond donors (Lipinski definition) is 4. The number of rotatable bonds is 8. The molecule has 1 aromatic carbocycles. The van der Waals surface area contributed by atoms with Crippen molar-refractivity contribution in [3.8, 4) is 0 Å². The predicted molar refractivity (Wildman–Crippen MR) is 122 cm³/mol. The summed E-state index contributed by atoms with van der Waals surface area (Å²) in [7, 11) is 0. The molecule has 2 rings (SSSR count). The summed E-state index contributed by atoms with van der Waals surface area (Å²) in [5.74, 6) is 0.507. The number of carbonyl (C=O) groups is 1. The van der Waals surface area contributed by atoms with Crippen LogP contribution in [0.1, 0.15) is 29.1 Å². The molecule has 0 radical (unpaired) electrons. The molecule has 1 unspecified atom stereocenters. The molecule has 1 atom stereocenters. The largest absolute Gasteiger partial charge is 0.459 e. The first-order valence-electron chi connectivity index (χ1n) is 8.47. The minimum atomic E-state index is -0.838. The van der Waals surface area contributed by atoms with Gasteiger partial charge in [-0.1, -0.05) is 23.2 Å². The molecule has 0 spiro atoms. The van der Waals surface area contributed by atoms with Crippen molar-refractivity contribution in [3.63, 3.8) is 0 Å². The van der Waals surface area contributed by atoms with Gasteiger partial charge in [0.2, 0.25) is 0 Å². The summed E-state index contributed by atoms with van der Waals surface area (Å²) in [6.45, 7) is 3.56. The molecule has 1 amide bonds. The zero-order valence-corrected chi connectivity index (χ0v) is 19.1. The molecule has 0 aliphatic heterocycles. The predicted octanol–water partition coefficient (Wildman–Crippen LogP) is 3.22. The Bertz CT molecular complexity index is 752. The number of aliphatic hydroxyl groups is 1. The molecule has 7 nitrogen and oxygen atoms in total. The van der Waals surface area contributed by atoms with Gasteiger partial charge in [-0.3, -0.25) is 9.79 Å². The van der Waals surface area contributed by atoms with Gasteiger partial charge < -0.3 is 25.5 Å². The minimum absolute atomic E-state index is 0. The Morgan fingerprint density at radius 2 is 1.86 bits per heavy atom. The Labute approximate surface area is 190 Å². The van der Waals surface area contributed by atoms with E-state index in [1.165, 1.54) is 6.26 Å². The third-order valence-corrected chi connectivity index (χ3v) is 3.92. The van der Waals surface area contributed by atoms with E-state index in [-0.39, 0.29) is 42.2 Å². The smallest absolute Gasteiger partial charge is 0.287 e. The first-order valence-corrected chi connectivity index (χ1v) is 9.23. The highest BCUT2D eigenvalue weighted by Crippen LogP contribution is 2.23. The maximum absolute atomic E-state index is 11.8. The molecular weight excluding hydrogens is 518 g/mol. The van der Waals surface area contributed by atoms with Crippen LogP contribution in [0.3, 0.4) is 0 Å². The number of benzene rings is 1. The van der Waals surface area contributed by atoms with Crippen LogP contribution in [0.4, 0.5) is 0 Å². The molecule has 1 heterocycles. The third kappa shape index (κ3) is 8.26. The Kier molecular flexibility index (Phi) is 11.3. The number of aliphatic hydroxyl groups excluding tert-OH is 1. The topological polar surface area (TPSA) is 98.9 Å². The van der Waals surface area contributed by atoms with Gasteiger partial charge in [0.1, 0.15) is 0 Å². The normalized spacial score (nSPS) is 12.1. The first-order chi connectivity index (χ1) is 13.0. The molecule has 0 aliphatic carbocycles. The van der Waals surface area contributed by atoms with E-state index in [4.69, 9.17) is 27.6 Å². The fourth-order valence-electron chi connectivity index (χ4n) is 2.24. The van der Waals surface area contributed by atoms with E-state index in [0.29, 0.717) is 41.2 Å². The third-order valence-electron chi connectivity index (χ3n) is 3.48. The summed E-state index contributed by atoms with van der Waals surface area (Å²) in [6.07, 6.45) is 0.608. The van der Waals surface area contributed by atoms with Crippen molar-refractivity contribution in [3.05, 3.63) is 58.0 Å². The van der Waals surface area contributed by atoms with E-state index in [1.54, 1.807) is 30.3 Å². The van der Waals surface area contributed by atoms with Crippen LogP contribution in [0.2, 0.25) is 10.0 Å². The van der Waals surface area contributed by atoms with Gasteiger partial charge in [0, 0.05) is 29.7 Å². The Morgan fingerprint density at radius 3 is 2.46 bits per heavy atom.